The molecule has 0 aliphatic rings. The topological polar surface area (TPSA) is 86.9 Å². The minimum Gasteiger partial charge on any atom is -0.347 e. The molecule has 1 aromatic heterocycles. The SMILES string of the molecule is CCCC(=O)Nc1cccc(CNC(=O)c2cc(CC)[nH]n2)c1. The van der Waals surface area contributed by atoms with Crippen molar-refractivity contribution in [3.63, 3.8) is 0 Å². The van der Waals surface area contributed by atoms with Crippen LogP contribution >= 0.6 is 0 Å². The van der Waals surface area contributed by atoms with Gasteiger partial charge in [-0.3, -0.25) is 14.7 Å². The predicted molar refractivity (Wildman–Crippen MR) is 89.1 cm³/mol. The highest BCUT2D eigenvalue weighted by molar-refractivity contribution is 5.92. The number of nitrogens with one attached hydrogen (secondary N) is 3. The molecule has 0 saturated carbocycles. The van der Waals surface area contributed by atoms with Crippen molar-refractivity contribution in [1.82, 2.24) is 15.5 Å². The molecule has 0 bridgehead atoms. The summed E-state index contributed by atoms with van der Waals surface area (Å²) in [4.78, 5) is 23.6. The van der Waals surface area contributed by atoms with Crippen LogP contribution in [-0.4, -0.2) is 22.0 Å². The number of aryl methyl sites for hydroxylation is 1. The summed E-state index contributed by atoms with van der Waals surface area (Å²) in [6.45, 7) is 4.34. The first kappa shape index (κ1) is 16.7. The second-order valence-corrected chi connectivity index (χ2v) is 5.31. The Hall–Kier alpha value is -2.63. The Morgan fingerprint density at radius 1 is 1.22 bits per heavy atom. The van der Waals surface area contributed by atoms with Crippen molar-refractivity contribution in [2.75, 3.05) is 5.32 Å². The lowest BCUT2D eigenvalue weighted by Gasteiger charge is -2.08. The number of H-pyrrole nitrogens is 1. The van der Waals surface area contributed by atoms with E-state index in [4.69, 9.17) is 0 Å². The molecule has 0 spiro atoms. The van der Waals surface area contributed by atoms with E-state index in [-0.39, 0.29) is 11.8 Å². The summed E-state index contributed by atoms with van der Waals surface area (Å²) in [5.74, 6) is -0.223. The largest absolute Gasteiger partial charge is 0.347 e. The van der Waals surface area contributed by atoms with Gasteiger partial charge in [-0.1, -0.05) is 26.0 Å². The number of rotatable bonds is 7. The Morgan fingerprint density at radius 3 is 2.74 bits per heavy atom. The maximum Gasteiger partial charge on any atom is 0.272 e. The molecule has 2 aromatic rings. The highest BCUT2D eigenvalue weighted by Crippen LogP contribution is 2.11. The lowest BCUT2D eigenvalue weighted by molar-refractivity contribution is -0.116. The average Bonchev–Trinajstić information content (AvgIpc) is 3.02. The number of carbonyl (C=O) groups is 2. The predicted octanol–water partition coefficient (Wildman–Crippen LogP) is 2.64. The average molecular weight is 314 g/mol. The number of anilines is 1. The third-order valence-corrected chi connectivity index (χ3v) is 3.39. The zero-order valence-electron chi connectivity index (χ0n) is 13.5. The van der Waals surface area contributed by atoms with Gasteiger partial charge in [0.15, 0.2) is 0 Å². The van der Waals surface area contributed by atoms with Crippen LogP contribution in [0.2, 0.25) is 0 Å². The van der Waals surface area contributed by atoms with E-state index in [0.29, 0.717) is 18.7 Å². The number of aromatic nitrogens is 2. The monoisotopic (exact) mass is 314 g/mol. The van der Waals surface area contributed by atoms with Gasteiger partial charge in [-0.25, -0.2) is 0 Å². The number of benzene rings is 1. The van der Waals surface area contributed by atoms with Gasteiger partial charge in [0, 0.05) is 24.3 Å². The van der Waals surface area contributed by atoms with E-state index in [1.54, 1.807) is 6.07 Å². The van der Waals surface area contributed by atoms with Gasteiger partial charge < -0.3 is 10.6 Å². The van der Waals surface area contributed by atoms with E-state index >= 15 is 0 Å². The van der Waals surface area contributed by atoms with Gasteiger partial charge >= 0.3 is 0 Å². The fraction of sp³-hybridized carbons (Fsp3) is 0.353. The Bertz CT molecular complexity index is 679. The molecule has 0 saturated heterocycles. The van der Waals surface area contributed by atoms with Crippen molar-refractivity contribution < 1.29 is 9.59 Å². The lowest BCUT2D eigenvalue weighted by Crippen LogP contribution is -2.23. The van der Waals surface area contributed by atoms with E-state index in [1.165, 1.54) is 0 Å². The van der Waals surface area contributed by atoms with E-state index in [1.807, 2.05) is 38.1 Å². The van der Waals surface area contributed by atoms with Gasteiger partial charge in [-0.05, 0) is 36.6 Å². The van der Waals surface area contributed by atoms with E-state index < -0.39 is 0 Å². The first-order valence-electron chi connectivity index (χ1n) is 7.83. The number of carbonyl (C=O) groups excluding carboxylic acids is 2. The highest BCUT2D eigenvalue weighted by atomic mass is 16.2. The fourth-order valence-corrected chi connectivity index (χ4v) is 2.14. The molecule has 1 aromatic carbocycles. The maximum absolute atomic E-state index is 12.0. The normalized spacial score (nSPS) is 10.3. The molecule has 0 atom stereocenters. The van der Waals surface area contributed by atoms with Crippen LogP contribution in [0.25, 0.3) is 0 Å². The Labute approximate surface area is 135 Å². The molecule has 0 fully saturated rings. The molecule has 2 amide bonds. The summed E-state index contributed by atoms with van der Waals surface area (Å²) < 4.78 is 0. The lowest BCUT2D eigenvalue weighted by atomic mass is 10.2. The van der Waals surface area contributed by atoms with E-state index in [9.17, 15) is 9.59 Å². The highest BCUT2D eigenvalue weighted by Gasteiger charge is 2.09. The summed E-state index contributed by atoms with van der Waals surface area (Å²) in [5.41, 5.74) is 2.96. The quantitative estimate of drug-likeness (QED) is 0.734. The van der Waals surface area contributed by atoms with Crippen molar-refractivity contribution in [1.29, 1.82) is 0 Å². The molecule has 3 N–H and O–H groups in total. The molecule has 6 heteroatoms. The molecule has 0 unspecified atom stereocenters. The van der Waals surface area contributed by atoms with Crippen LogP contribution in [0.4, 0.5) is 5.69 Å². The van der Waals surface area contributed by atoms with Gasteiger partial charge in [0.25, 0.3) is 5.91 Å². The minimum absolute atomic E-state index is 0.00250. The van der Waals surface area contributed by atoms with Crippen LogP contribution in [0.5, 0.6) is 0 Å². The van der Waals surface area contributed by atoms with E-state index in [0.717, 1.165) is 29.8 Å². The van der Waals surface area contributed by atoms with Crippen molar-refractivity contribution >= 4 is 17.5 Å². The summed E-state index contributed by atoms with van der Waals surface area (Å²) in [6, 6.07) is 9.19. The summed E-state index contributed by atoms with van der Waals surface area (Å²) in [7, 11) is 0. The first-order chi connectivity index (χ1) is 11.1. The van der Waals surface area contributed by atoms with Gasteiger partial charge in [-0.15, -0.1) is 0 Å². The van der Waals surface area contributed by atoms with Gasteiger partial charge in [0.2, 0.25) is 5.91 Å². The third-order valence-electron chi connectivity index (χ3n) is 3.39. The molecule has 6 nitrogen and oxygen atoms in total. The van der Waals surface area contributed by atoms with Gasteiger partial charge in [0.05, 0.1) is 0 Å². The van der Waals surface area contributed by atoms with Crippen molar-refractivity contribution in [2.24, 2.45) is 0 Å². The van der Waals surface area contributed by atoms with Crippen LogP contribution < -0.4 is 10.6 Å². The summed E-state index contributed by atoms with van der Waals surface area (Å²) >= 11 is 0. The number of hydrogen-bond donors (Lipinski definition) is 3. The van der Waals surface area contributed by atoms with Crippen LogP contribution in [-0.2, 0) is 17.8 Å². The summed E-state index contributed by atoms with van der Waals surface area (Å²) in [5, 5.41) is 12.5. The van der Waals surface area contributed by atoms with Crippen LogP contribution in [0.3, 0.4) is 0 Å². The number of amides is 2. The van der Waals surface area contributed by atoms with E-state index in [2.05, 4.69) is 20.8 Å². The van der Waals surface area contributed by atoms with Crippen molar-refractivity contribution in [2.45, 2.75) is 39.7 Å². The molecular weight excluding hydrogens is 292 g/mol. The number of nitrogens with zero attached hydrogens (tertiary/aromatic N) is 1. The zero-order valence-corrected chi connectivity index (χ0v) is 13.5. The Morgan fingerprint density at radius 2 is 2.04 bits per heavy atom. The van der Waals surface area contributed by atoms with Crippen molar-refractivity contribution in [3.05, 3.63) is 47.3 Å². The standard InChI is InChI=1S/C17H22N4O2/c1-3-6-16(22)19-14-8-5-7-12(9-14)11-18-17(23)15-10-13(4-2)20-21-15/h5,7-10H,3-4,6,11H2,1-2H3,(H,18,23)(H,19,22)(H,20,21). The second kappa shape index (κ2) is 8.12. The van der Waals surface area contributed by atoms with Crippen LogP contribution in [0.1, 0.15) is 48.4 Å². The molecule has 0 aliphatic carbocycles. The zero-order chi connectivity index (χ0) is 16.7. The third kappa shape index (κ3) is 4.95. The molecule has 0 radical (unpaired) electrons. The Balaban J connectivity index is 1.92. The Kier molecular flexibility index (Phi) is 5.91. The molecule has 122 valence electrons. The number of hydrogen-bond acceptors (Lipinski definition) is 3. The number of aromatic amines is 1. The molecular formula is C17H22N4O2. The molecule has 2 rings (SSSR count). The van der Waals surface area contributed by atoms with Crippen LogP contribution in [0.15, 0.2) is 30.3 Å². The maximum atomic E-state index is 12.0. The molecule has 23 heavy (non-hydrogen) atoms. The van der Waals surface area contributed by atoms with Gasteiger partial charge in [-0.2, -0.15) is 5.10 Å². The first-order valence-corrected chi connectivity index (χ1v) is 7.83. The minimum atomic E-state index is -0.221. The summed E-state index contributed by atoms with van der Waals surface area (Å²) in [6.07, 6.45) is 2.12. The fourth-order valence-electron chi connectivity index (χ4n) is 2.14. The molecule has 0 aliphatic heterocycles. The van der Waals surface area contributed by atoms with Gasteiger partial charge in [0.1, 0.15) is 5.69 Å². The second-order valence-electron chi connectivity index (χ2n) is 5.31. The van der Waals surface area contributed by atoms with Crippen molar-refractivity contribution in [3.8, 4) is 0 Å². The molecule has 1 heterocycles. The smallest absolute Gasteiger partial charge is 0.272 e. The van der Waals surface area contributed by atoms with Crippen LogP contribution in [0, 0.1) is 0 Å².